The Balaban J connectivity index is 0.000000351. The Morgan fingerprint density at radius 1 is 0.743 bits per heavy atom. The van der Waals surface area contributed by atoms with Crippen molar-refractivity contribution in [3.8, 4) is 11.5 Å². The van der Waals surface area contributed by atoms with E-state index in [1.807, 2.05) is 0 Å². The SMILES string of the molecule is CCOC(=O)C(=O)c1cc(F)ccc1OCC.CCOC(=O)C(F)(F)c1cc(F)ccc1OCC. The van der Waals surface area contributed by atoms with E-state index in [1.165, 1.54) is 13.0 Å². The van der Waals surface area contributed by atoms with Gasteiger partial charge in [-0.25, -0.2) is 18.4 Å². The number of esters is 2. The molecule has 35 heavy (non-hydrogen) atoms. The second-order valence-electron chi connectivity index (χ2n) is 6.49. The van der Waals surface area contributed by atoms with Gasteiger partial charge in [0.2, 0.25) is 0 Å². The van der Waals surface area contributed by atoms with Crippen molar-refractivity contribution in [2.24, 2.45) is 0 Å². The van der Waals surface area contributed by atoms with Crippen molar-refractivity contribution in [2.45, 2.75) is 33.6 Å². The molecule has 0 N–H and O–H groups in total. The van der Waals surface area contributed by atoms with Crippen molar-refractivity contribution < 1.29 is 50.9 Å². The fraction of sp³-hybridized carbons (Fsp3) is 0.375. The number of ether oxygens (including phenoxy) is 4. The first-order chi connectivity index (χ1) is 16.5. The van der Waals surface area contributed by atoms with Gasteiger partial charge in [0.15, 0.2) is 0 Å². The van der Waals surface area contributed by atoms with Crippen LogP contribution in [-0.4, -0.2) is 44.1 Å². The number of ketones is 1. The van der Waals surface area contributed by atoms with E-state index in [0.29, 0.717) is 12.7 Å². The van der Waals surface area contributed by atoms with Crippen LogP contribution in [0.2, 0.25) is 0 Å². The van der Waals surface area contributed by atoms with Gasteiger partial charge in [0.25, 0.3) is 5.78 Å². The molecule has 2 aromatic carbocycles. The number of carbonyl (C=O) groups is 3. The van der Waals surface area contributed by atoms with Crippen LogP contribution in [0.4, 0.5) is 17.6 Å². The summed E-state index contributed by atoms with van der Waals surface area (Å²) in [5.74, 6) is -9.14. The summed E-state index contributed by atoms with van der Waals surface area (Å²) in [5, 5.41) is 0. The van der Waals surface area contributed by atoms with Crippen LogP contribution in [-0.2, 0) is 25.0 Å². The molecule has 2 rings (SSSR count). The van der Waals surface area contributed by atoms with Crippen LogP contribution in [0.3, 0.4) is 0 Å². The summed E-state index contributed by atoms with van der Waals surface area (Å²) < 4.78 is 72.6. The Hall–Kier alpha value is -3.63. The molecule has 0 aromatic heterocycles. The fourth-order valence-electron chi connectivity index (χ4n) is 2.63. The summed E-state index contributed by atoms with van der Waals surface area (Å²) in [7, 11) is 0. The van der Waals surface area contributed by atoms with Crippen LogP contribution in [0.1, 0.15) is 43.6 Å². The van der Waals surface area contributed by atoms with Gasteiger partial charge in [0.1, 0.15) is 23.1 Å². The van der Waals surface area contributed by atoms with Crippen molar-refractivity contribution in [1.82, 2.24) is 0 Å². The molecule has 0 spiro atoms. The number of Topliss-reactive ketones (excluding diaryl/α,β-unsaturated/α-hetero) is 1. The van der Waals surface area contributed by atoms with Crippen LogP contribution in [0.15, 0.2) is 36.4 Å². The maximum Gasteiger partial charge on any atom is 0.382 e. The maximum absolute atomic E-state index is 13.8. The van der Waals surface area contributed by atoms with E-state index in [1.54, 1.807) is 20.8 Å². The Kier molecular flexibility index (Phi) is 11.7. The number of benzene rings is 2. The molecule has 0 bridgehead atoms. The number of hydrogen-bond acceptors (Lipinski definition) is 7. The van der Waals surface area contributed by atoms with E-state index in [-0.39, 0.29) is 36.9 Å². The molecule has 0 atom stereocenters. The third-order valence-electron chi connectivity index (χ3n) is 4.06. The van der Waals surface area contributed by atoms with E-state index in [0.717, 1.165) is 24.3 Å². The molecule has 0 unspecified atom stereocenters. The first-order valence-electron chi connectivity index (χ1n) is 10.6. The predicted molar refractivity (Wildman–Crippen MR) is 117 cm³/mol. The molecule has 0 saturated carbocycles. The first-order valence-corrected chi connectivity index (χ1v) is 10.6. The van der Waals surface area contributed by atoms with Crippen LogP contribution in [0.5, 0.6) is 11.5 Å². The van der Waals surface area contributed by atoms with Gasteiger partial charge in [-0.15, -0.1) is 0 Å². The largest absolute Gasteiger partial charge is 0.493 e. The standard InChI is InChI=1S/C12H13F3O3.C12H13FO4/c1-3-17-10-6-5-8(13)7-9(10)12(14,15)11(16)18-4-2;1-3-16-10-6-5-8(13)7-9(10)11(14)12(15)17-4-2/h5-7H,3-4H2,1-2H3;5-7H,3-4H2,1-2H3. The predicted octanol–water partition coefficient (Wildman–Crippen LogP) is 4.85. The lowest BCUT2D eigenvalue weighted by Crippen LogP contribution is -2.29. The minimum absolute atomic E-state index is 0.0872. The molecule has 2 aromatic rings. The first kappa shape index (κ1) is 29.4. The molecule has 0 aliphatic carbocycles. The molecule has 11 heteroatoms. The molecule has 0 amide bonds. The van der Waals surface area contributed by atoms with E-state index in [2.05, 4.69) is 9.47 Å². The third kappa shape index (κ3) is 8.27. The number of carbonyl (C=O) groups excluding carboxylic acids is 3. The molecular formula is C24H26F4O7. The van der Waals surface area contributed by atoms with E-state index < -0.39 is 40.8 Å². The number of rotatable bonds is 10. The summed E-state index contributed by atoms with van der Waals surface area (Å²) >= 11 is 0. The number of halogens is 4. The van der Waals surface area contributed by atoms with Crippen molar-refractivity contribution >= 4 is 17.7 Å². The average Bonchev–Trinajstić information content (AvgIpc) is 2.82. The smallest absolute Gasteiger partial charge is 0.382 e. The van der Waals surface area contributed by atoms with E-state index in [9.17, 15) is 31.9 Å². The lowest BCUT2D eigenvalue weighted by Gasteiger charge is -2.18. The van der Waals surface area contributed by atoms with Crippen LogP contribution >= 0.6 is 0 Å². The highest BCUT2D eigenvalue weighted by atomic mass is 19.3. The zero-order valence-corrected chi connectivity index (χ0v) is 19.7. The zero-order chi connectivity index (χ0) is 26.6. The minimum atomic E-state index is -3.94. The van der Waals surface area contributed by atoms with Gasteiger partial charge in [-0.1, -0.05) is 0 Å². The zero-order valence-electron chi connectivity index (χ0n) is 19.7. The highest BCUT2D eigenvalue weighted by molar-refractivity contribution is 6.41. The minimum Gasteiger partial charge on any atom is -0.493 e. The van der Waals surface area contributed by atoms with Gasteiger partial charge in [0, 0.05) is 0 Å². The van der Waals surface area contributed by atoms with Crippen LogP contribution < -0.4 is 9.47 Å². The molecule has 0 heterocycles. The topological polar surface area (TPSA) is 88.1 Å². The van der Waals surface area contributed by atoms with Crippen molar-refractivity contribution in [3.63, 3.8) is 0 Å². The van der Waals surface area contributed by atoms with Gasteiger partial charge in [-0.05, 0) is 64.1 Å². The van der Waals surface area contributed by atoms with Crippen molar-refractivity contribution in [2.75, 3.05) is 26.4 Å². The Morgan fingerprint density at radius 3 is 1.80 bits per heavy atom. The van der Waals surface area contributed by atoms with Crippen molar-refractivity contribution in [1.29, 1.82) is 0 Å². The molecule has 7 nitrogen and oxygen atoms in total. The molecule has 0 aliphatic heterocycles. The quantitative estimate of drug-likeness (QED) is 0.199. The third-order valence-corrected chi connectivity index (χ3v) is 4.06. The lowest BCUT2D eigenvalue weighted by molar-refractivity contribution is -0.173. The summed E-state index contributed by atoms with van der Waals surface area (Å²) in [6, 6.07) is 6.04. The Morgan fingerprint density at radius 2 is 1.26 bits per heavy atom. The monoisotopic (exact) mass is 502 g/mol. The molecule has 192 valence electrons. The van der Waals surface area contributed by atoms with E-state index >= 15 is 0 Å². The van der Waals surface area contributed by atoms with Gasteiger partial charge >= 0.3 is 17.9 Å². The Bertz CT molecular complexity index is 1020. The fourth-order valence-corrected chi connectivity index (χ4v) is 2.63. The lowest BCUT2D eigenvalue weighted by atomic mass is 10.1. The molecular weight excluding hydrogens is 476 g/mol. The van der Waals surface area contributed by atoms with Gasteiger partial charge < -0.3 is 18.9 Å². The highest BCUT2D eigenvalue weighted by Crippen LogP contribution is 2.36. The molecule has 0 aliphatic rings. The summed E-state index contributed by atoms with van der Waals surface area (Å²) in [5.41, 5.74) is -0.951. The maximum atomic E-state index is 13.8. The van der Waals surface area contributed by atoms with Gasteiger partial charge in [-0.2, -0.15) is 8.78 Å². The average molecular weight is 502 g/mol. The summed E-state index contributed by atoms with van der Waals surface area (Å²) in [6.45, 7) is 6.64. The molecule has 0 radical (unpaired) electrons. The Labute approximate surface area is 199 Å². The van der Waals surface area contributed by atoms with Crippen molar-refractivity contribution in [3.05, 3.63) is 59.2 Å². The molecule has 0 fully saturated rings. The van der Waals surface area contributed by atoms with Gasteiger partial charge in [-0.3, -0.25) is 4.79 Å². The van der Waals surface area contributed by atoms with E-state index in [4.69, 9.17) is 9.47 Å². The molecule has 0 saturated heterocycles. The van der Waals surface area contributed by atoms with Crippen LogP contribution in [0, 0.1) is 11.6 Å². The summed E-state index contributed by atoms with van der Waals surface area (Å²) in [6.07, 6.45) is 0. The van der Waals surface area contributed by atoms with Crippen LogP contribution in [0.25, 0.3) is 0 Å². The second-order valence-corrected chi connectivity index (χ2v) is 6.49. The summed E-state index contributed by atoms with van der Waals surface area (Å²) in [4.78, 5) is 34.1. The van der Waals surface area contributed by atoms with Gasteiger partial charge in [0.05, 0.1) is 37.6 Å². The number of hydrogen-bond donors (Lipinski definition) is 0. The highest BCUT2D eigenvalue weighted by Gasteiger charge is 2.45. The normalized spacial score (nSPS) is 10.5. The second kappa shape index (κ2) is 13.9. The number of alkyl halides is 2.